The first-order chi connectivity index (χ1) is 11.6. The van der Waals surface area contributed by atoms with Crippen molar-refractivity contribution in [3.8, 4) is 11.5 Å². The fourth-order valence-corrected chi connectivity index (χ4v) is 2.65. The van der Waals surface area contributed by atoms with Gasteiger partial charge in [0.15, 0.2) is 11.5 Å². The molecule has 1 aliphatic heterocycles. The van der Waals surface area contributed by atoms with Crippen molar-refractivity contribution in [3.05, 3.63) is 64.3 Å². The zero-order valence-electron chi connectivity index (χ0n) is 13.2. The Labute approximate surface area is 144 Å². The maximum absolute atomic E-state index is 12.2. The van der Waals surface area contributed by atoms with Crippen molar-refractivity contribution in [3.63, 3.8) is 0 Å². The number of ether oxygens (including phenoxy) is 2. The highest BCUT2D eigenvalue weighted by Gasteiger charge is 2.23. The minimum absolute atomic E-state index is 0.275. The van der Waals surface area contributed by atoms with Crippen LogP contribution in [-0.2, 0) is 4.79 Å². The van der Waals surface area contributed by atoms with E-state index < -0.39 is 0 Å². The first-order valence-corrected chi connectivity index (χ1v) is 7.59. The van der Waals surface area contributed by atoms with E-state index in [1.165, 1.54) is 0 Å². The van der Waals surface area contributed by atoms with E-state index in [2.05, 4.69) is 10.3 Å². The van der Waals surface area contributed by atoms with Crippen molar-refractivity contribution in [1.82, 2.24) is 5.32 Å². The van der Waals surface area contributed by atoms with Crippen LogP contribution in [0.4, 0.5) is 0 Å². The molecule has 0 radical (unpaired) electrons. The Morgan fingerprint density at radius 3 is 2.58 bits per heavy atom. The Bertz CT molecular complexity index is 859. The summed E-state index contributed by atoms with van der Waals surface area (Å²) in [6, 6.07) is 12.6. The van der Waals surface area contributed by atoms with Gasteiger partial charge in [0.05, 0.1) is 19.2 Å². The van der Waals surface area contributed by atoms with E-state index in [-0.39, 0.29) is 11.6 Å². The molecule has 2 aromatic carbocycles. The van der Waals surface area contributed by atoms with Crippen molar-refractivity contribution in [1.29, 1.82) is 0 Å². The molecule has 0 atom stereocenters. The van der Waals surface area contributed by atoms with Gasteiger partial charge < -0.3 is 14.8 Å². The summed E-state index contributed by atoms with van der Waals surface area (Å²) >= 11 is 6.16. The molecule has 0 unspecified atom stereocenters. The van der Waals surface area contributed by atoms with Gasteiger partial charge in [0.25, 0.3) is 5.91 Å². The number of amides is 1. The minimum Gasteiger partial charge on any atom is -0.493 e. The predicted octanol–water partition coefficient (Wildman–Crippen LogP) is 3.27. The lowest BCUT2D eigenvalue weighted by Gasteiger charge is -2.09. The third-order valence-electron chi connectivity index (χ3n) is 3.55. The highest BCUT2D eigenvalue weighted by atomic mass is 35.5. The van der Waals surface area contributed by atoms with Gasteiger partial charge >= 0.3 is 0 Å². The molecule has 6 heteroatoms. The molecule has 0 aromatic heterocycles. The van der Waals surface area contributed by atoms with Crippen LogP contribution in [0.25, 0.3) is 6.08 Å². The van der Waals surface area contributed by atoms with Crippen LogP contribution in [0.15, 0.2) is 53.2 Å². The fraction of sp³-hybridized carbons (Fsp3) is 0.111. The second-order valence-electron chi connectivity index (χ2n) is 5.01. The summed E-state index contributed by atoms with van der Waals surface area (Å²) < 4.78 is 10.6. The second kappa shape index (κ2) is 6.76. The largest absolute Gasteiger partial charge is 0.493 e. The van der Waals surface area contributed by atoms with Crippen LogP contribution in [0.1, 0.15) is 11.1 Å². The van der Waals surface area contributed by atoms with Crippen molar-refractivity contribution in [2.45, 2.75) is 0 Å². The van der Waals surface area contributed by atoms with Gasteiger partial charge in [-0.25, -0.2) is 4.99 Å². The number of aliphatic imine (C=N–C) groups is 1. The molecule has 2 aromatic rings. The molecule has 0 fully saturated rings. The average Bonchev–Trinajstić information content (AvgIpc) is 2.95. The SMILES string of the molecule is COc1cccc(/C=C2/N=C(c3ccccc3Cl)NC2=O)c1OC. The van der Waals surface area contributed by atoms with Gasteiger partial charge in [-0.2, -0.15) is 0 Å². The molecule has 122 valence electrons. The Morgan fingerprint density at radius 2 is 1.88 bits per heavy atom. The van der Waals surface area contributed by atoms with Gasteiger partial charge in [-0.05, 0) is 24.3 Å². The van der Waals surface area contributed by atoms with E-state index in [0.717, 1.165) is 0 Å². The summed E-state index contributed by atoms with van der Waals surface area (Å²) in [4.78, 5) is 16.6. The maximum Gasteiger partial charge on any atom is 0.275 e. The zero-order chi connectivity index (χ0) is 17.1. The first-order valence-electron chi connectivity index (χ1n) is 7.21. The Kier molecular flexibility index (Phi) is 4.53. The summed E-state index contributed by atoms with van der Waals surface area (Å²) in [5.41, 5.74) is 1.65. The topological polar surface area (TPSA) is 59.9 Å². The van der Waals surface area contributed by atoms with Gasteiger partial charge in [-0.15, -0.1) is 0 Å². The van der Waals surface area contributed by atoms with E-state index in [1.54, 1.807) is 38.5 Å². The number of nitrogens with one attached hydrogen (secondary N) is 1. The standard InChI is InChI=1S/C18H15ClN2O3/c1-23-15-9-5-6-11(16(15)24-2)10-14-18(22)21-17(20-14)12-7-3-4-8-13(12)19/h3-10H,1-2H3,(H,20,21,22)/b14-10+. The van der Waals surface area contributed by atoms with Gasteiger partial charge in [-0.3, -0.25) is 4.79 Å². The lowest BCUT2D eigenvalue weighted by Crippen LogP contribution is -2.24. The van der Waals surface area contributed by atoms with Crippen LogP contribution < -0.4 is 14.8 Å². The van der Waals surface area contributed by atoms with Crippen molar-refractivity contribution >= 4 is 29.4 Å². The number of para-hydroxylation sites is 1. The van der Waals surface area contributed by atoms with Crippen molar-refractivity contribution in [2.75, 3.05) is 14.2 Å². The summed E-state index contributed by atoms with van der Waals surface area (Å²) in [6.45, 7) is 0. The lowest BCUT2D eigenvalue weighted by molar-refractivity contribution is -0.115. The first kappa shape index (κ1) is 16.1. The quantitative estimate of drug-likeness (QED) is 0.867. The number of hydrogen-bond acceptors (Lipinski definition) is 4. The number of rotatable bonds is 4. The number of amidine groups is 1. The van der Waals surface area contributed by atoms with Crippen LogP contribution in [-0.4, -0.2) is 26.0 Å². The van der Waals surface area contributed by atoms with Crippen molar-refractivity contribution in [2.24, 2.45) is 4.99 Å². The Morgan fingerprint density at radius 1 is 1.08 bits per heavy atom. The highest BCUT2D eigenvalue weighted by Crippen LogP contribution is 2.32. The molecule has 24 heavy (non-hydrogen) atoms. The predicted molar refractivity (Wildman–Crippen MR) is 93.7 cm³/mol. The fourth-order valence-electron chi connectivity index (χ4n) is 2.42. The Balaban J connectivity index is 2.03. The summed E-state index contributed by atoms with van der Waals surface area (Å²) in [5.74, 6) is 1.26. The van der Waals surface area contributed by atoms with E-state index in [9.17, 15) is 4.79 Å². The van der Waals surface area contributed by atoms with Crippen LogP contribution in [0.3, 0.4) is 0 Å². The molecule has 0 saturated carbocycles. The number of methoxy groups -OCH3 is 2. The smallest absolute Gasteiger partial charge is 0.275 e. The average molecular weight is 343 g/mol. The number of hydrogen-bond donors (Lipinski definition) is 1. The molecule has 3 rings (SSSR count). The molecule has 1 heterocycles. The number of carbonyl (C=O) groups excluding carboxylic acids is 1. The number of halogens is 1. The maximum atomic E-state index is 12.2. The summed E-state index contributed by atoms with van der Waals surface area (Å²) in [5, 5.41) is 3.26. The van der Waals surface area contributed by atoms with Gasteiger partial charge in [0.1, 0.15) is 11.5 Å². The van der Waals surface area contributed by atoms with Gasteiger partial charge in [0.2, 0.25) is 0 Å². The van der Waals surface area contributed by atoms with Crippen LogP contribution in [0.5, 0.6) is 11.5 Å². The lowest BCUT2D eigenvalue weighted by atomic mass is 10.1. The van der Waals surface area contributed by atoms with Crippen LogP contribution in [0, 0.1) is 0 Å². The molecule has 0 aliphatic carbocycles. The third kappa shape index (κ3) is 2.98. The molecule has 0 saturated heterocycles. The molecule has 1 N–H and O–H groups in total. The van der Waals surface area contributed by atoms with E-state index in [4.69, 9.17) is 21.1 Å². The Hall–Kier alpha value is -2.79. The second-order valence-corrected chi connectivity index (χ2v) is 5.41. The van der Waals surface area contributed by atoms with E-state index in [0.29, 0.717) is 33.5 Å². The molecule has 0 spiro atoms. The number of benzene rings is 2. The van der Waals surface area contributed by atoms with Crippen molar-refractivity contribution < 1.29 is 14.3 Å². The molecule has 5 nitrogen and oxygen atoms in total. The monoisotopic (exact) mass is 342 g/mol. The van der Waals surface area contributed by atoms with Crippen LogP contribution >= 0.6 is 11.6 Å². The molecule has 1 amide bonds. The molecular formula is C18H15ClN2O3. The minimum atomic E-state index is -0.296. The van der Waals surface area contributed by atoms with Crippen LogP contribution in [0.2, 0.25) is 5.02 Å². The number of carbonyl (C=O) groups is 1. The van der Waals surface area contributed by atoms with E-state index in [1.807, 2.05) is 24.3 Å². The third-order valence-corrected chi connectivity index (χ3v) is 3.88. The normalized spacial score (nSPS) is 15.2. The van der Waals surface area contributed by atoms with Gasteiger partial charge in [-0.1, -0.05) is 35.9 Å². The molecule has 1 aliphatic rings. The number of nitrogens with zero attached hydrogens (tertiary/aromatic N) is 1. The summed E-state index contributed by atoms with van der Waals surface area (Å²) in [6.07, 6.45) is 1.65. The molecular weight excluding hydrogens is 328 g/mol. The highest BCUT2D eigenvalue weighted by molar-refractivity contribution is 6.35. The van der Waals surface area contributed by atoms with Gasteiger partial charge in [0, 0.05) is 11.1 Å². The zero-order valence-corrected chi connectivity index (χ0v) is 13.9. The summed E-state index contributed by atoms with van der Waals surface area (Å²) in [7, 11) is 3.11. The van der Waals surface area contributed by atoms with E-state index >= 15 is 0 Å². The molecule has 0 bridgehead atoms.